The van der Waals surface area contributed by atoms with E-state index in [1.165, 1.54) is 0 Å². The number of ether oxygens (including phenoxy) is 4. The quantitative estimate of drug-likeness (QED) is 0.428. The maximum atomic E-state index is 11.9. The molecule has 0 saturated heterocycles. The van der Waals surface area contributed by atoms with Crippen LogP contribution in [0.3, 0.4) is 0 Å². The van der Waals surface area contributed by atoms with Gasteiger partial charge in [-0.2, -0.15) is 0 Å². The molecule has 0 fully saturated rings. The summed E-state index contributed by atoms with van der Waals surface area (Å²) >= 11 is 0. The van der Waals surface area contributed by atoms with Crippen molar-refractivity contribution in [3.8, 4) is 0 Å². The number of methoxy groups -OCH3 is 2. The maximum Gasteiger partial charge on any atom is 0.309 e. The lowest BCUT2D eigenvalue weighted by Gasteiger charge is -2.20. The van der Waals surface area contributed by atoms with Crippen molar-refractivity contribution in [2.45, 2.75) is 39.7 Å². The van der Waals surface area contributed by atoms with Gasteiger partial charge in [0.25, 0.3) is 0 Å². The summed E-state index contributed by atoms with van der Waals surface area (Å²) in [6.07, 6.45) is 0.747. The summed E-state index contributed by atoms with van der Waals surface area (Å²) in [5, 5.41) is 0. The van der Waals surface area contributed by atoms with E-state index in [0.29, 0.717) is 26.1 Å². The summed E-state index contributed by atoms with van der Waals surface area (Å²) in [5.74, 6) is -1.27. The molecule has 0 rings (SSSR count). The van der Waals surface area contributed by atoms with Gasteiger partial charge in [-0.15, -0.1) is 0 Å². The van der Waals surface area contributed by atoms with Crippen molar-refractivity contribution >= 4 is 11.9 Å². The molecule has 0 heterocycles. The zero-order valence-corrected chi connectivity index (χ0v) is 13.7. The third kappa shape index (κ3) is 8.67. The first-order valence-electron chi connectivity index (χ1n) is 7.31. The highest BCUT2D eigenvalue weighted by atomic mass is 16.6. The van der Waals surface area contributed by atoms with Crippen molar-refractivity contribution in [3.05, 3.63) is 0 Å². The second kappa shape index (κ2) is 11.5. The van der Waals surface area contributed by atoms with E-state index in [1.807, 2.05) is 6.92 Å². The molecule has 0 aromatic heterocycles. The fourth-order valence-electron chi connectivity index (χ4n) is 1.88. The first-order chi connectivity index (χ1) is 9.96. The summed E-state index contributed by atoms with van der Waals surface area (Å²) in [6.45, 7) is 6.38. The Hall–Kier alpha value is -1.14. The van der Waals surface area contributed by atoms with Crippen LogP contribution in [0.2, 0.25) is 0 Å². The average Bonchev–Trinajstić information content (AvgIpc) is 2.44. The highest BCUT2D eigenvalue weighted by Gasteiger charge is 2.26. The zero-order chi connectivity index (χ0) is 16.3. The van der Waals surface area contributed by atoms with Crippen molar-refractivity contribution in [3.63, 3.8) is 0 Å². The molecule has 0 spiro atoms. The third-order valence-corrected chi connectivity index (χ3v) is 3.12. The van der Waals surface area contributed by atoms with Gasteiger partial charge in [0.15, 0.2) is 0 Å². The average molecular weight is 304 g/mol. The van der Waals surface area contributed by atoms with Gasteiger partial charge in [0.05, 0.1) is 25.0 Å². The van der Waals surface area contributed by atoms with Crippen LogP contribution < -0.4 is 0 Å². The molecule has 0 saturated carbocycles. The van der Waals surface area contributed by atoms with Crippen LogP contribution in [0.25, 0.3) is 0 Å². The van der Waals surface area contributed by atoms with Crippen LogP contribution in [0.1, 0.15) is 33.6 Å². The van der Waals surface area contributed by atoms with E-state index >= 15 is 0 Å². The Morgan fingerprint density at radius 3 is 2.19 bits per heavy atom. The molecular weight excluding hydrogens is 276 g/mol. The summed E-state index contributed by atoms with van der Waals surface area (Å²) in [7, 11) is 3.10. The molecule has 0 aliphatic carbocycles. The molecule has 0 aromatic rings. The molecule has 0 bridgehead atoms. The molecule has 0 aliphatic heterocycles. The van der Waals surface area contributed by atoms with Crippen LogP contribution in [-0.2, 0) is 28.5 Å². The van der Waals surface area contributed by atoms with Crippen LogP contribution in [0, 0.1) is 11.8 Å². The Labute approximate surface area is 127 Å². The molecule has 0 aromatic carbocycles. The minimum Gasteiger partial charge on any atom is -0.463 e. The lowest BCUT2D eigenvalue weighted by atomic mass is 9.94. The smallest absolute Gasteiger partial charge is 0.309 e. The van der Waals surface area contributed by atoms with E-state index in [4.69, 9.17) is 18.9 Å². The van der Waals surface area contributed by atoms with Gasteiger partial charge in [0.2, 0.25) is 0 Å². The number of hydrogen-bond acceptors (Lipinski definition) is 6. The second-order valence-electron chi connectivity index (χ2n) is 5.11. The SMILES string of the molecule is CCC(CC(C)C(=O)OC(C)COC)C(=O)OCCOC. The lowest BCUT2D eigenvalue weighted by molar-refractivity contribution is -0.157. The molecule has 124 valence electrons. The predicted molar refractivity (Wildman–Crippen MR) is 77.8 cm³/mol. The minimum atomic E-state index is -0.357. The summed E-state index contributed by atoms with van der Waals surface area (Å²) < 4.78 is 20.1. The van der Waals surface area contributed by atoms with Crippen LogP contribution in [0.4, 0.5) is 0 Å². The van der Waals surface area contributed by atoms with Gasteiger partial charge in [-0.1, -0.05) is 13.8 Å². The van der Waals surface area contributed by atoms with Gasteiger partial charge in [-0.05, 0) is 19.8 Å². The summed E-state index contributed by atoms with van der Waals surface area (Å²) in [5.41, 5.74) is 0. The van der Waals surface area contributed by atoms with Crippen LogP contribution in [0.15, 0.2) is 0 Å². The van der Waals surface area contributed by atoms with Gasteiger partial charge in [0.1, 0.15) is 12.7 Å². The minimum absolute atomic E-state index is 0.232. The normalized spacial score (nSPS) is 15.1. The number of carbonyl (C=O) groups excluding carboxylic acids is 2. The fourth-order valence-corrected chi connectivity index (χ4v) is 1.88. The largest absolute Gasteiger partial charge is 0.463 e. The number of esters is 2. The molecule has 0 amide bonds. The molecule has 0 radical (unpaired) electrons. The van der Waals surface area contributed by atoms with Gasteiger partial charge in [-0.3, -0.25) is 9.59 Å². The molecule has 3 atom stereocenters. The number of hydrogen-bond donors (Lipinski definition) is 0. The van der Waals surface area contributed by atoms with Crippen molar-refractivity contribution in [2.75, 3.05) is 34.0 Å². The summed E-state index contributed by atoms with van der Waals surface area (Å²) in [4.78, 5) is 23.8. The van der Waals surface area contributed by atoms with Gasteiger partial charge in [0, 0.05) is 14.2 Å². The lowest BCUT2D eigenvalue weighted by Crippen LogP contribution is -2.28. The van der Waals surface area contributed by atoms with Gasteiger partial charge in [-0.25, -0.2) is 0 Å². The van der Waals surface area contributed by atoms with E-state index in [9.17, 15) is 9.59 Å². The first-order valence-corrected chi connectivity index (χ1v) is 7.31. The van der Waals surface area contributed by atoms with Crippen molar-refractivity contribution in [1.29, 1.82) is 0 Å². The van der Waals surface area contributed by atoms with E-state index in [0.717, 1.165) is 0 Å². The second-order valence-corrected chi connectivity index (χ2v) is 5.11. The topological polar surface area (TPSA) is 71.1 Å². The molecule has 21 heavy (non-hydrogen) atoms. The van der Waals surface area contributed by atoms with E-state index in [-0.39, 0.29) is 36.5 Å². The molecular formula is C15H28O6. The highest BCUT2D eigenvalue weighted by molar-refractivity contribution is 5.75. The van der Waals surface area contributed by atoms with Crippen molar-refractivity contribution in [2.24, 2.45) is 11.8 Å². The number of rotatable bonds is 11. The van der Waals surface area contributed by atoms with E-state index in [2.05, 4.69) is 0 Å². The Morgan fingerprint density at radius 1 is 1.00 bits per heavy atom. The molecule has 0 N–H and O–H groups in total. The van der Waals surface area contributed by atoms with E-state index in [1.54, 1.807) is 28.1 Å². The number of carbonyl (C=O) groups is 2. The van der Waals surface area contributed by atoms with Gasteiger partial charge >= 0.3 is 11.9 Å². The molecule has 3 unspecified atom stereocenters. The Morgan fingerprint density at radius 2 is 1.67 bits per heavy atom. The van der Waals surface area contributed by atoms with E-state index < -0.39 is 0 Å². The third-order valence-electron chi connectivity index (χ3n) is 3.12. The van der Waals surface area contributed by atoms with Crippen molar-refractivity contribution in [1.82, 2.24) is 0 Å². The Kier molecular flexibility index (Phi) is 10.9. The Balaban J connectivity index is 4.26. The maximum absolute atomic E-state index is 11.9. The predicted octanol–water partition coefficient (Wildman–Crippen LogP) is 1.81. The first kappa shape index (κ1) is 19.9. The van der Waals surface area contributed by atoms with Crippen LogP contribution in [-0.4, -0.2) is 52.1 Å². The summed E-state index contributed by atoms with van der Waals surface area (Å²) in [6, 6.07) is 0. The van der Waals surface area contributed by atoms with Crippen LogP contribution in [0.5, 0.6) is 0 Å². The molecule has 6 nitrogen and oxygen atoms in total. The van der Waals surface area contributed by atoms with Crippen molar-refractivity contribution < 1.29 is 28.5 Å². The molecule has 6 heteroatoms. The monoisotopic (exact) mass is 304 g/mol. The zero-order valence-electron chi connectivity index (χ0n) is 13.7. The standard InChI is InChI=1S/C15H28O6/c1-6-13(15(17)20-8-7-18-4)9-11(2)14(16)21-12(3)10-19-5/h11-13H,6-10H2,1-5H3. The van der Waals surface area contributed by atoms with Crippen LogP contribution >= 0.6 is 0 Å². The molecule has 0 aliphatic rings. The fraction of sp³-hybridized carbons (Fsp3) is 0.867. The highest BCUT2D eigenvalue weighted by Crippen LogP contribution is 2.19. The Bertz CT molecular complexity index is 305. The van der Waals surface area contributed by atoms with Gasteiger partial charge < -0.3 is 18.9 Å².